The van der Waals surface area contributed by atoms with Gasteiger partial charge in [0, 0.05) is 45.1 Å². The predicted octanol–water partition coefficient (Wildman–Crippen LogP) is 3.58. The minimum Gasteiger partial charge on any atom is -0.357 e. The van der Waals surface area contributed by atoms with Gasteiger partial charge in [0.15, 0.2) is 5.96 Å². The maximum Gasteiger partial charge on any atom is 0.403 e. The molecule has 1 N–H and O–H groups in total. The van der Waals surface area contributed by atoms with Crippen LogP contribution in [0.15, 0.2) is 47.7 Å². The maximum atomic E-state index is 13.0. The first-order valence-electron chi connectivity index (χ1n) is 10.3. The highest BCUT2D eigenvalue weighted by atomic mass is 127. The fourth-order valence-electron chi connectivity index (χ4n) is 3.53. The summed E-state index contributed by atoms with van der Waals surface area (Å²) in [4.78, 5) is 8.26. The van der Waals surface area contributed by atoms with E-state index in [1.54, 1.807) is 6.20 Å². The highest BCUT2D eigenvalue weighted by Gasteiger charge is 2.41. The molecule has 10 heteroatoms. The number of aliphatic imine (C=N–C) groups is 1. The van der Waals surface area contributed by atoms with Crippen LogP contribution in [0.25, 0.3) is 0 Å². The molecule has 1 aliphatic heterocycles. The van der Waals surface area contributed by atoms with Crippen LogP contribution in [0.2, 0.25) is 0 Å². The molecule has 0 saturated carbocycles. The second-order valence-electron chi connectivity index (χ2n) is 7.43. The molecule has 2 aromatic rings. The number of benzene rings is 1. The third-order valence-corrected chi connectivity index (χ3v) is 5.28. The van der Waals surface area contributed by atoms with E-state index in [2.05, 4.69) is 22.5 Å². The van der Waals surface area contributed by atoms with E-state index in [9.17, 15) is 13.2 Å². The first-order valence-corrected chi connectivity index (χ1v) is 10.3. The Morgan fingerprint density at radius 2 is 1.87 bits per heavy atom. The number of nitrogens with one attached hydrogen (secondary N) is 1. The van der Waals surface area contributed by atoms with Gasteiger partial charge in [0.05, 0.1) is 13.1 Å². The second-order valence-corrected chi connectivity index (χ2v) is 7.43. The van der Waals surface area contributed by atoms with E-state index in [0.717, 1.165) is 17.1 Å². The number of guanidine groups is 1. The van der Waals surface area contributed by atoms with Gasteiger partial charge in [-0.15, -0.1) is 24.0 Å². The molecular formula is C21H30F3IN6. The van der Waals surface area contributed by atoms with Gasteiger partial charge in [0.2, 0.25) is 0 Å². The smallest absolute Gasteiger partial charge is 0.357 e. The molecule has 31 heavy (non-hydrogen) atoms. The number of hydrogen-bond donors (Lipinski definition) is 1. The molecule has 2 heterocycles. The lowest BCUT2D eigenvalue weighted by Gasteiger charge is -2.39. The fraction of sp³-hybridized carbons (Fsp3) is 0.524. The summed E-state index contributed by atoms with van der Waals surface area (Å²) in [6.45, 7) is 6.90. The van der Waals surface area contributed by atoms with E-state index in [-0.39, 0.29) is 24.0 Å². The summed E-state index contributed by atoms with van der Waals surface area (Å²) in [5, 5.41) is 7.50. The monoisotopic (exact) mass is 550 g/mol. The predicted molar refractivity (Wildman–Crippen MR) is 127 cm³/mol. The van der Waals surface area contributed by atoms with Crippen molar-refractivity contribution >= 4 is 29.9 Å². The highest BCUT2D eigenvalue weighted by molar-refractivity contribution is 14.0. The molecule has 0 amide bonds. The van der Waals surface area contributed by atoms with Gasteiger partial charge in [-0.2, -0.15) is 18.3 Å². The molecule has 6 nitrogen and oxygen atoms in total. The molecule has 1 aromatic heterocycles. The molecule has 1 aromatic carbocycles. The molecule has 1 saturated heterocycles. The van der Waals surface area contributed by atoms with Gasteiger partial charge in [-0.3, -0.25) is 9.58 Å². The topological polar surface area (TPSA) is 48.7 Å². The van der Waals surface area contributed by atoms with Crippen molar-refractivity contribution in [3.63, 3.8) is 0 Å². The minimum atomic E-state index is -4.19. The molecule has 0 radical (unpaired) electrons. The quantitative estimate of drug-likeness (QED) is 0.340. The number of alkyl halides is 3. The summed E-state index contributed by atoms with van der Waals surface area (Å²) in [7, 11) is 0. The van der Waals surface area contributed by atoms with Crippen molar-refractivity contribution in [2.45, 2.75) is 39.2 Å². The Morgan fingerprint density at radius 3 is 2.48 bits per heavy atom. The number of halogens is 4. The van der Waals surface area contributed by atoms with E-state index in [0.29, 0.717) is 45.8 Å². The minimum absolute atomic E-state index is 0. The van der Waals surface area contributed by atoms with Gasteiger partial charge >= 0.3 is 6.18 Å². The summed E-state index contributed by atoms with van der Waals surface area (Å²) in [5.41, 5.74) is 2.23. The Hall–Kier alpha value is -1.82. The summed E-state index contributed by atoms with van der Waals surface area (Å²) >= 11 is 0. The van der Waals surface area contributed by atoms with Gasteiger partial charge in [-0.05, 0) is 31.0 Å². The second kappa shape index (κ2) is 11.7. The molecule has 3 rings (SSSR count). The summed E-state index contributed by atoms with van der Waals surface area (Å²) in [5.74, 6) is 0.745. The molecule has 1 unspecified atom stereocenters. The summed E-state index contributed by atoms with van der Waals surface area (Å²) < 4.78 is 40.8. The number of nitrogens with zero attached hydrogens (tertiary/aromatic N) is 5. The first-order chi connectivity index (χ1) is 14.4. The molecule has 1 fully saturated rings. The van der Waals surface area contributed by atoms with Gasteiger partial charge < -0.3 is 10.2 Å². The molecule has 0 spiro atoms. The van der Waals surface area contributed by atoms with E-state index in [1.807, 2.05) is 40.9 Å². The van der Waals surface area contributed by atoms with E-state index in [4.69, 9.17) is 4.99 Å². The average molecular weight is 550 g/mol. The summed E-state index contributed by atoms with van der Waals surface area (Å²) in [6, 6.07) is 8.68. The fourth-order valence-corrected chi connectivity index (χ4v) is 3.53. The van der Waals surface area contributed by atoms with Crippen molar-refractivity contribution in [2.24, 2.45) is 4.99 Å². The van der Waals surface area contributed by atoms with Crippen molar-refractivity contribution in [1.29, 1.82) is 0 Å². The lowest BCUT2D eigenvalue weighted by molar-refractivity contribution is -0.181. The zero-order valence-corrected chi connectivity index (χ0v) is 20.2. The van der Waals surface area contributed by atoms with Crippen molar-refractivity contribution in [3.8, 4) is 0 Å². The van der Waals surface area contributed by atoms with Gasteiger partial charge in [0.25, 0.3) is 0 Å². The zero-order valence-electron chi connectivity index (χ0n) is 17.8. The van der Waals surface area contributed by atoms with Crippen molar-refractivity contribution in [2.75, 3.05) is 32.7 Å². The largest absolute Gasteiger partial charge is 0.403 e. The highest BCUT2D eigenvalue weighted by Crippen LogP contribution is 2.25. The Labute approximate surface area is 198 Å². The lowest BCUT2D eigenvalue weighted by atomic mass is 10.1. The van der Waals surface area contributed by atoms with Gasteiger partial charge in [-0.1, -0.05) is 24.3 Å². The molecule has 1 aliphatic rings. The summed E-state index contributed by atoms with van der Waals surface area (Å²) in [6.07, 6.45) is -0.513. The molecule has 0 aliphatic carbocycles. The number of aromatic nitrogens is 2. The lowest BCUT2D eigenvalue weighted by Crippen LogP contribution is -2.56. The number of piperazine rings is 1. The molecule has 172 valence electrons. The SMILES string of the molecule is CCNC(=NCc1cccc(Cn2cccn2)c1)N1CCN(C(C)C(F)(F)F)CC1.I. The van der Waals surface area contributed by atoms with Crippen LogP contribution in [0.4, 0.5) is 13.2 Å². The third kappa shape index (κ3) is 7.37. The zero-order chi connectivity index (χ0) is 21.6. The van der Waals surface area contributed by atoms with Crippen LogP contribution in [0.1, 0.15) is 25.0 Å². The Bertz CT molecular complexity index is 817. The Kier molecular flexibility index (Phi) is 9.60. The van der Waals surface area contributed by atoms with Crippen molar-refractivity contribution in [3.05, 3.63) is 53.9 Å². The molecule has 0 bridgehead atoms. The van der Waals surface area contributed by atoms with Crippen LogP contribution < -0.4 is 5.32 Å². The maximum absolute atomic E-state index is 13.0. The average Bonchev–Trinajstić information content (AvgIpc) is 3.23. The van der Waals surface area contributed by atoms with Gasteiger partial charge in [-0.25, -0.2) is 4.99 Å². The van der Waals surface area contributed by atoms with E-state index in [1.165, 1.54) is 11.8 Å². The molecule has 1 atom stereocenters. The first kappa shape index (κ1) is 25.4. The van der Waals surface area contributed by atoms with Crippen LogP contribution in [-0.2, 0) is 13.1 Å². The van der Waals surface area contributed by atoms with Crippen LogP contribution in [-0.4, -0.2) is 70.5 Å². The van der Waals surface area contributed by atoms with Gasteiger partial charge in [0.1, 0.15) is 6.04 Å². The normalized spacial score (nSPS) is 16.7. The Balaban J connectivity index is 0.00000341. The van der Waals surface area contributed by atoms with Crippen LogP contribution in [0.3, 0.4) is 0 Å². The van der Waals surface area contributed by atoms with Crippen LogP contribution in [0.5, 0.6) is 0 Å². The number of hydrogen-bond acceptors (Lipinski definition) is 3. The van der Waals surface area contributed by atoms with Crippen molar-refractivity contribution < 1.29 is 13.2 Å². The number of rotatable bonds is 6. The van der Waals surface area contributed by atoms with E-state index < -0.39 is 12.2 Å². The van der Waals surface area contributed by atoms with E-state index >= 15 is 0 Å². The van der Waals surface area contributed by atoms with Crippen molar-refractivity contribution in [1.82, 2.24) is 24.9 Å². The molecular weight excluding hydrogens is 520 g/mol. The van der Waals surface area contributed by atoms with Crippen LogP contribution >= 0.6 is 24.0 Å². The third-order valence-electron chi connectivity index (χ3n) is 5.28. The van der Waals surface area contributed by atoms with Crippen LogP contribution in [0, 0.1) is 0 Å². The Morgan fingerprint density at radius 1 is 1.16 bits per heavy atom. The standard InChI is InChI=1S/C21H29F3N6.HI/c1-3-25-20(29-12-10-28(11-13-29)17(2)21(22,23)24)26-15-18-6-4-7-19(14-18)16-30-9-5-8-27-30;/h4-9,14,17H,3,10-13,15-16H2,1-2H3,(H,25,26);1H.